The van der Waals surface area contributed by atoms with Gasteiger partial charge in [0.2, 0.25) is 5.96 Å². The minimum atomic E-state index is 0.490. The molecule has 1 aliphatic heterocycles. The Morgan fingerprint density at radius 1 is 1.38 bits per heavy atom. The molecule has 0 aromatic heterocycles. The Balaban J connectivity index is 1.71. The number of halogens is 1. The number of benzene rings is 1. The number of nitrogens with two attached hydrogens (primary N) is 1. The third-order valence-corrected chi connectivity index (χ3v) is 4.52. The van der Waals surface area contributed by atoms with Crippen molar-refractivity contribution in [2.24, 2.45) is 10.8 Å². The van der Waals surface area contributed by atoms with Crippen LogP contribution in [0.3, 0.4) is 0 Å². The maximum Gasteiger partial charge on any atom is 0.206 e. The smallest absolute Gasteiger partial charge is 0.206 e. The van der Waals surface area contributed by atoms with Crippen molar-refractivity contribution in [3.05, 3.63) is 27.7 Å². The first kappa shape index (κ1) is 14.7. The number of nitrogens with zero attached hydrogens (tertiary/aromatic N) is 1. The first-order valence-electron chi connectivity index (χ1n) is 7.48. The van der Waals surface area contributed by atoms with E-state index >= 15 is 0 Å². The SMILES string of the molecule is NNC(=NCc1cc(Br)cc2c1OCC2)NC1CCCC1. The van der Waals surface area contributed by atoms with Crippen LogP contribution in [0.15, 0.2) is 21.6 Å². The minimum Gasteiger partial charge on any atom is -0.493 e. The summed E-state index contributed by atoms with van der Waals surface area (Å²) in [4.78, 5) is 4.56. The fraction of sp³-hybridized carbons (Fsp3) is 0.533. The summed E-state index contributed by atoms with van der Waals surface area (Å²) >= 11 is 3.55. The number of guanidine groups is 1. The molecule has 114 valence electrons. The van der Waals surface area contributed by atoms with Gasteiger partial charge in [-0.25, -0.2) is 10.8 Å². The summed E-state index contributed by atoms with van der Waals surface area (Å²) < 4.78 is 6.79. The van der Waals surface area contributed by atoms with Crippen molar-refractivity contribution in [2.75, 3.05) is 6.61 Å². The Morgan fingerprint density at radius 3 is 2.95 bits per heavy atom. The molecule has 0 spiro atoms. The van der Waals surface area contributed by atoms with Crippen molar-refractivity contribution < 1.29 is 4.74 Å². The molecule has 1 saturated carbocycles. The zero-order chi connectivity index (χ0) is 14.7. The summed E-state index contributed by atoms with van der Waals surface area (Å²) in [6.07, 6.45) is 5.91. The number of hydrogen-bond donors (Lipinski definition) is 3. The fourth-order valence-electron chi connectivity index (χ4n) is 3.02. The molecular formula is C15H21BrN4O. The third-order valence-electron chi connectivity index (χ3n) is 4.07. The van der Waals surface area contributed by atoms with Gasteiger partial charge >= 0.3 is 0 Å². The Bertz CT molecular complexity index is 541. The van der Waals surface area contributed by atoms with Crippen molar-refractivity contribution in [1.29, 1.82) is 0 Å². The lowest BCUT2D eigenvalue weighted by Gasteiger charge is -2.15. The van der Waals surface area contributed by atoms with E-state index < -0.39 is 0 Å². The molecule has 0 radical (unpaired) electrons. The maximum absolute atomic E-state index is 5.72. The number of fused-ring (bicyclic) bond motifs is 1. The van der Waals surface area contributed by atoms with Gasteiger partial charge < -0.3 is 10.1 Å². The molecule has 3 rings (SSSR count). The van der Waals surface area contributed by atoms with Crippen LogP contribution in [0.4, 0.5) is 0 Å². The van der Waals surface area contributed by atoms with Gasteiger partial charge in [-0.15, -0.1) is 0 Å². The van der Waals surface area contributed by atoms with Gasteiger partial charge in [0.15, 0.2) is 0 Å². The van der Waals surface area contributed by atoms with Gasteiger partial charge in [0.25, 0.3) is 0 Å². The molecule has 0 unspecified atom stereocenters. The summed E-state index contributed by atoms with van der Waals surface area (Å²) in [5.41, 5.74) is 5.01. The van der Waals surface area contributed by atoms with Crippen LogP contribution < -0.4 is 21.3 Å². The zero-order valence-corrected chi connectivity index (χ0v) is 13.6. The summed E-state index contributed by atoms with van der Waals surface area (Å²) in [6.45, 7) is 1.31. The van der Waals surface area contributed by atoms with E-state index in [0.717, 1.165) is 28.8 Å². The van der Waals surface area contributed by atoms with Crippen molar-refractivity contribution in [3.8, 4) is 5.75 Å². The van der Waals surface area contributed by atoms with Gasteiger partial charge in [-0.2, -0.15) is 0 Å². The predicted molar refractivity (Wildman–Crippen MR) is 87.2 cm³/mol. The summed E-state index contributed by atoms with van der Waals surface area (Å²) in [5, 5.41) is 3.38. The molecule has 1 aromatic carbocycles. The average Bonchev–Trinajstić information content (AvgIpc) is 3.13. The van der Waals surface area contributed by atoms with Gasteiger partial charge in [-0.05, 0) is 30.5 Å². The molecule has 0 atom stereocenters. The Hall–Kier alpha value is -1.27. The van der Waals surface area contributed by atoms with E-state index in [0.29, 0.717) is 18.5 Å². The highest BCUT2D eigenvalue weighted by molar-refractivity contribution is 9.10. The van der Waals surface area contributed by atoms with Gasteiger partial charge in [-0.1, -0.05) is 28.8 Å². The molecule has 1 fully saturated rings. The normalized spacial score (nSPS) is 18.5. The van der Waals surface area contributed by atoms with E-state index in [9.17, 15) is 0 Å². The third kappa shape index (κ3) is 3.49. The van der Waals surface area contributed by atoms with Crippen LogP contribution in [-0.4, -0.2) is 18.6 Å². The van der Waals surface area contributed by atoms with Gasteiger partial charge in [0.05, 0.1) is 13.2 Å². The molecule has 0 amide bonds. The lowest BCUT2D eigenvalue weighted by molar-refractivity contribution is 0.353. The monoisotopic (exact) mass is 352 g/mol. The fourth-order valence-corrected chi connectivity index (χ4v) is 3.58. The molecular weight excluding hydrogens is 332 g/mol. The standard InChI is InChI=1S/C15H21BrN4O/c16-12-7-10-5-6-21-14(10)11(8-12)9-18-15(20-17)19-13-3-1-2-4-13/h7-8,13H,1-6,9,17H2,(H2,18,19,20). The first-order chi connectivity index (χ1) is 10.3. The highest BCUT2D eigenvalue weighted by Crippen LogP contribution is 2.33. The van der Waals surface area contributed by atoms with E-state index in [1.807, 2.05) is 0 Å². The number of ether oxygens (including phenoxy) is 1. The molecule has 0 bridgehead atoms. The van der Waals surface area contributed by atoms with Crippen molar-refractivity contribution >= 4 is 21.9 Å². The number of rotatable bonds is 3. The first-order valence-corrected chi connectivity index (χ1v) is 8.27. The lowest BCUT2D eigenvalue weighted by Crippen LogP contribution is -2.45. The van der Waals surface area contributed by atoms with Gasteiger partial charge in [-0.3, -0.25) is 5.43 Å². The highest BCUT2D eigenvalue weighted by atomic mass is 79.9. The van der Waals surface area contributed by atoms with E-state index in [-0.39, 0.29) is 0 Å². The van der Waals surface area contributed by atoms with Crippen LogP contribution >= 0.6 is 15.9 Å². The second kappa shape index (κ2) is 6.66. The number of hydrazine groups is 1. The van der Waals surface area contributed by atoms with Crippen LogP contribution in [0.5, 0.6) is 5.75 Å². The topological polar surface area (TPSA) is 71.7 Å². The average molecular weight is 353 g/mol. The van der Waals surface area contributed by atoms with Crippen molar-refractivity contribution in [1.82, 2.24) is 10.7 Å². The molecule has 1 aromatic rings. The molecule has 2 aliphatic rings. The largest absolute Gasteiger partial charge is 0.493 e. The lowest BCUT2D eigenvalue weighted by atomic mass is 10.1. The number of aliphatic imine (C=N–C) groups is 1. The van der Waals surface area contributed by atoms with Crippen molar-refractivity contribution in [2.45, 2.75) is 44.7 Å². The summed E-state index contributed by atoms with van der Waals surface area (Å²) in [5.74, 6) is 7.22. The van der Waals surface area contributed by atoms with Gasteiger partial charge in [0.1, 0.15) is 5.75 Å². The summed E-state index contributed by atoms with van der Waals surface area (Å²) in [6, 6.07) is 4.68. The molecule has 1 aliphatic carbocycles. The van der Waals surface area contributed by atoms with Crippen LogP contribution in [0, 0.1) is 0 Å². The zero-order valence-electron chi connectivity index (χ0n) is 12.0. The second-order valence-corrected chi connectivity index (χ2v) is 6.50. The van der Waals surface area contributed by atoms with E-state index in [4.69, 9.17) is 10.6 Å². The van der Waals surface area contributed by atoms with Crippen LogP contribution in [-0.2, 0) is 13.0 Å². The van der Waals surface area contributed by atoms with E-state index in [1.54, 1.807) is 0 Å². The van der Waals surface area contributed by atoms with Crippen LogP contribution in [0.25, 0.3) is 0 Å². The minimum absolute atomic E-state index is 0.490. The van der Waals surface area contributed by atoms with Crippen LogP contribution in [0.1, 0.15) is 36.8 Å². The van der Waals surface area contributed by atoms with Gasteiger partial charge in [0, 0.05) is 22.5 Å². The van der Waals surface area contributed by atoms with E-state index in [1.165, 1.54) is 31.2 Å². The highest BCUT2D eigenvalue weighted by Gasteiger charge is 2.18. The Morgan fingerprint density at radius 2 is 2.19 bits per heavy atom. The van der Waals surface area contributed by atoms with E-state index in [2.05, 4.69) is 43.8 Å². The Labute approximate surface area is 133 Å². The molecule has 4 N–H and O–H groups in total. The summed E-state index contributed by atoms with van der Waals surface area (Å²) in [7, 11) is 0. The predicted octanol–water partition coefficient (Wildman–Crippen LogP) is 2.24. The number of hydrogen-bond acceptors (Lipinski definition) is 3. The second-order valence-electron chi connectivity index (χ2n) is 5.59. The quantitative estimate of drug-likeness (QED) is 0.337. The Kier molecular flexibility index (Phi) is 4.65. The molecule has 21 heavy (non-hydrogen) atoms. The molecule has 1 heterocycles. The maximum atomic E-state index is 5.72. The molecule has 5 nitrogen and oxygen atoms in total. The molecule has 0 saturated heterocycles. The number of nitrogens with one attached hydrogen (secondary N) is 2. The van der Waals surface area contributed by atoms with Crippen LogP contribution in [0.2, 0.25) is 0 Å². The molecule has 6 heteroatoms. The van der Waals surface area contributed by atoms with Crippen molar-refractivity contribution in [3.63, 3.8) is 0 Å².